The second-order valence-electron chi connectivity index (χ2n) is 3.30. The van der Waals surface area contributed by atoms with Crippen molar-refractivity contribution in [1.82, 2.24) is 0 Å². The van der Waals surface area contributed by atoms with Gasteiger partial charge in [-0.1, -0.05) is 31.1 Å². The minimum atomic E-state index is -0.996. The van der Waals surface area contributed by atoms with Crippen molar-refractivity contribution in [3.05, 3.63) is 29.8 Å². The van der Waals surface area contributed by atoms with Crippen LogP contribution in [0.5, 0.6) is 0 Å². The van der Waals surface area contributed by atoms with Gasteiger partial charge < -0.3 is 15.7 Å². The fraction of sp³-hybridized carbons (Fsp3) is 0.333. The lowest BCUT2D eigenvalue weighted by molar-refractivity contribution is -0.148. The van der Waals surface area contributed by atoms with E-state index in [0.29, 0.717) is 17.8 Å². The number of rotatable bonds is 2. The summed E-state index contributed by atoms with van der Waals surface area (Å²) in [5.74, 6) is -0.996. The van der Waals surface area contributed by atoms with Crippen LogP contribution in [-0.4, -0.2) is 22.9 Å². The third-order valence-corrected chi connectivity index (χ3v) is 2.19. The largest absolute Gasteiger partial charge is 0.478 e. The molecule has 1 heterocycles. The molecular formula is C12H16N2O3. The summed E-state index contributed by atoms with van der Waals surface area (Å²) in [5, 5.41) is 12.4. The predicted molar refractivity (Wildman–Crippen MR) is 65.9 cm³/mol. The molecule has 0 aliphatic carbocycles. The maximum Gasteiger partial charge on any atom is 0.348 e. The Morgan fingerprint density at radius 1 is 1.41 bits per heavy atom. The van der Waals surface area contributed by atoms with E-state index in [9.17, 15) is 4.79 Å². The summed E-state index contributed by atoms with van der Waals surface area (Å²) in [6.45, 7) is 4.00. The van der Waals surface area contributed by atoms with Crippen LogP contribution < -0.4 is 5.73 Å². The highest BCUT2D eigenvalue weighted by atomic mass is 16.7. The Bertz CT molecular complexity index is 412. The van der Waals surface area contributed by atoms with Crippen molar-refractivity contribution in [1.29, 1.82) is 0 Å². The molecule has 92 valence electrons. The molecule has 5 heteroatoms. The molecule has 1 aromatic rings. The minimum Gasteiger partial charge on any atom is -0.478 e. The van der Waals surface area contributed by atoms with Gasteiger partial charge in [0.2, 0.25) is 6.10 Å². The molecule has 1 unspecified atom stereocenters. The molecule has 1 aromatic carbocycles. The number of benzene rings is 1. The molecule has 3 N–H and O–H groups in total. The van der Waals surface area contributed by atoms with Crippen molar-refractivity contribution in [3.8, 4) is 0 Å². The van der Waals surface area contributed by atoms with Crippen LogP contribution in [0.4, 0.5) is 5.69 Å². The molecule has 0 spiro atoms. The van der Waals surface area contributed by atoms with Gasteiger partial charge in [0.25, 0.3) is 0 Å². The van der Waals surface area contributed by atoms with E-state index in [0.717, 1.165) is 5.56 Å². The van der Waals surface area contributed by atoms with E-state index < -0.39 is 12.1 Å². The predicted octanol–water partition coefficient (Wildman–Crippen LogP) is 1.87. The molecule has 0 saturated heterocycles. The van der Waals surface area contributed by atoms with Crippen LogP contribution >= 0.6 is 0 Å². The number of hydrogen-bond donors (Lipinski definition) is 2. The van der Waals surface area contributed by atoms with Crippen LogP contribution in [0.3, 0.4) is 0 Å². The number of carboxylic acid groups (broad SMARTS) is 1. The van der Waals surface area contributed by atoms with Crippen LogP contribution in [0, 0.1) is 0 Å². The lowest BCUT2D eigenvalue weighted by Gasteiger charge is -2.00. The van der Waals surface area contributed by atoms with E-state index in [2.05, 4.69) is 5.16 Å². The van der Waals surface area contributed by atoms with Crippen molar-refractivity contribution >= 4 is 17.4 Å². The van der Waals surface area contributed by atoms with Crippen LogP contribution in [-0.2, 0) is 9.63 Å². The third-order valence-electron chi connectivity index (χ3n) is 2.19. The summed E-state index contributed by atoms with van der Waals surface area (Å²) >= 11 is 0. The number of hydrogen-bond acceptors (Lipinski definition) is 4. The smallest absolute Gasteiger partial charge is 0.348 e. The van der Waals surface area contributed by atoms with Gasteiger partial charge in [0, 0.05) is 12.1 Å². The lowest BCUT2D eigenvalue weighted by Crippen LogP contribution is -2.19. The highest BCUT2D eigenvalue weighted by Gasteiger charge is 2.28. The van der Waals surface area contributed by atoms with E-state index >= 15 is 0 Å². The van der Waals surface area contributed by atoms with Crippen molar-refractivity contribution in [3.63, 3.8) is 0 Å². The number of nitrogens with zero attached hydrogens (tertiary/aromatic N) is 1. The molecule has 0 saturated carbocycles. The summed E-state index contributed by atoms with van der Waals surface area (Å²) in [4.78, 5) is 15.4. The first-order chi connectivity index (χ1) is 8.16. The molecule has 0 radical (unpaired) electrons. The van der Waals surface area contributed by atoms with Crippen molar-refractivity contribution < 1.29 is 14.7 Å². The van der Waals surface area contributed by atoms with Crippen LogP contribution in [0.1, 0.15) is 25.8 Å². The molecule has 0 bridgehead atoms. The fourth-order valence-corrected chi connectivity index (χ4v) is 1.36. The normalized spacial score (nSPS) is 17.5. The maximum absolute atomic E-state index is 10.6. The van der Waals surface area contributed by atoms with Gasteiger partial charge in [-0.3, -0.25) is 0 Å². The molecule has 1 aliphatic rings. The van der Waals surface area contributed by atoms with Crippen LogP contribution in [0.2, 0.25) is 0 Å². The number of oxime groups is 1. The van der Waals surface area contributed by atoms with Gasteiger partial charge in [-0.25, -0.2) is 4.79 Å². The van der Waals surface area contributed by atoms with Gasteiger partial charge in [0.1, 0.15) is 0 Å². The molecule has 2 rings (SSSR count). The monoisotopic (exact) mass is 236 g/mol. The Kier molecular flexibility index (Phi) is 4.51. The average molecular weight is 236 g/mol. The van der Waals surface area contributed by atoms with Gasteiger partial charge >= 0.3 is 5.97 Å². The standard InChI is InChI=1S/C10H10N2O3.C2H6/c11-7-3-1-6(2-4-7)8-5-9(10(13)14)15-12-8;1-2/h1-4,9H,5,11H2,(H,13,14);1-2H3. The van der Waals surface area contributed by atoms with Gasteiger partial charge in [-0.2, -0.15) is 0 Å². The molecule has 17 heavy (non-hydrogen) atoms. The second kappa shape index (κ2) is 5.89. The van der Waals surface area contributed by atoms with E-state index in [4.69, 9.17) is 15.7 Å². The highest BCUT2D eigenvalue weighted by Crippen LogP contribution is 2.17. The van der Waals surface area contributed by atoms with Gasteiger partial charge in [-0.15, -0.1) is 0 Å². The highest BCUT2D eigenvalue weighted by molar-refractivity contribution is 6.03. The lowest BCUT2D eigenvalue weighted by atomic mass is 10.0. The third kappa shape index (κ3) is 3.21. The van der Waals surface area contributed by atoms with E-state index in [-0.39, 0.29) is 0 Å². The first kappa shape index (κ1) is 13.0. The Balaban J connectivity index is 0.000000686. The number of nitrogens with two attached hydrogens (primary N) is 1. The zero-order valence-electron chi connectivity index (χ0n) is 9.88. The maximum atomic E-state index is 10.6. The Hall–Kier alpha value is -2.04. The first-order valence-electron chi connectivity index (χ1n) is 5.48. The SMILES string of the molecule is CC.Nc1ccc(C2=NOC(C(=O)O)C2)cc1. The molecule has 5 nitrogen and oxygen atoms in total. The number of nitrogen functional groups attached to an aromatic ring is 1. The zero-order chi connectivity index (χ0) is 12.8. The quantitative estimate of drug-likeness (QED) is 0.768. The summed E-state index contributed by atoms with van der Waals surface area (Å²) in [6, 6.07) is 7.07. The van der Waals surface area contributed by atoms with Crippen LogP contribution in [0.25, 0.3) is 0 Å². The summed E-state index contributed by atoms with van der Waals surface area (Å²) in [6.07, 6.45) is -0.572. The van der Waals surface area contributed by atoms with Crippen molar-refractivity contribution in [2.45, 2.75) is 26.4 Å². The topological polar surface area (TPSA) is 84.9 Å². The zero-order valence-corrected chi connectivity index (χ0v) is 9.88. The molecule has 1 aliphatic heterocycles. The summed E-state index contributed by atoms with van der Waals surface area (Å²) in [5.41, 5.74) is 7.68. The number of anilines is 1. The summed E-state index contributed by atoms with van der Waals surface area (Å²) in [7, 11) is 0. The molecule has 0 fully saturated rings. The summed E-state index contributed by atoms with van der Waals surface area (Å²) < 4.78 is 0. The van der Waals surface area contributed by atoms with Gasteiger partial charge in [-0.05, 0) is 17.7 Å². The molecule has 0 aromatic heterocycles. The van der Waals surface area contributed by atoms with E-state index in [1.165, 1.54) is 0 Å². The molecule has 0 amide bonds. The average Bonchev–Trinajstić information content (AvgIpc) is 2.82. The van der Waals surface area contributed by atoms with Gasteiger partial charge in [0.05, 0.1) is 5.71 Å². The number of carboxylic acids is 1. The Morgan fingerprint density at radius 3 is 2.47 bits per heavy atom. The van der Waals surface area contributed by atoms with E-state index in [1.807, 2.05) is 13.8 Å². The van der Waals surface area contributed by atoms with Gasteiger partial charge in [0.15, 0.2) is 0 Å². The van der Waals surface area contributed by atoms with Crippen LogP contribution in [0.15, 0.2) is 29.4 Å². The first-order valence-corrected chi connectivity index (χ1v) is 5.48. The van der Waals surface area contributed by atoms with Crippen molar-refractivity contribution in [2.24, 2.45) is 5.16 Å². The fourth-order valence-electron chi connectivity index (χ4n) is 1.36. The Morgan fingerprint density at radius 2 is 2.00 bits per heavy atom. The second-order valence-corrected chi connectivity index (χ2v) is 3.30. The van der Waals surface area contributed by atoms with E-state index in [1.54, 1.807) is 24.3 Å². The molecule has 1 atom stereocenters. The van der Waals surface area contributed by atoms with Crippen molar-refractivity contribution in [2.75, 3.05) is 5.73 Å². The molecular weight excluding hydrogens is 220 g/mol. The number of aliphatic carboxylic acids is 1. The minimum absolute atomic E-state index is 0.291. The Labute approximate surface area is 99.9 Å². The number of carbonyl (C=O) groups is 1.